The fourth-order valence-corrected chi connectivity index (χ4v) is 4.52. The minimum atomic E-state index is -0.382. The van der Waals surface area contributed by atoms with Crippen LogP contribution in [-0.4, -0.2) is 71.8 Å². The van der Waals surface area contributed by atoms with Crippen molar-refractivity contribution in [3.05, 3.63) is 42.5 Å². The maximum Gasteiger partial charge on any atom is 0.328 e. The number of amides is 3. The van der Waals surface area contributed by atoms with Crippen molar-refractivity contribution >= 4 is 17.6 Å². The normalized spacial score (nSPS) is 31.1. The van der Waals surface area contributed by atoms with Gasteiger partial charge in [0.25, 0.3) is 5.91 Å². The number of carbonyl (C=O) groups excluding carboxylic acids is 2. The van der Waals surface area contributed by atoms with E-state index in [0.717, 1.165) is 18.8 Å². The van der Waals surface area contributed by atoms with E-state index in [2.05, 4.69) is 59.8 Å². The van der Waals surface area contributed by atoms with Crippen molar-refractivity contribution in [1.29, 1.82) is 0 Å². The number of anilines is 1. The van der Waals surface area contributed by atoms with Gasteiger partial charge in [-0.05, 0) is 30.5 Å². The highest BCUT2D eigenvalue weighted by molar-refractivity contribution is 6.00. The molecule has 3 aliphatic heterocycles. The number of nitrogens with one attached hydrogen (secondary N) is 1. The minimum Gasteiger partial charge on any atom is -0.343 e. The zero-order valence-corrected chi connectivity index (χ0v) is 16.1. The van der Waals surface area contributed by atoms with Crippen LogP contribution in [0.4, 0.5) is 10.5 Å². The fourth-order valence-electron chi connectivity index (χ4n) is 4.52. The van der Waals surface area contributed by atoms with Gasteiger partial charge in [-0.2, -0.15) is 0 Å². The quantitative estimate of drug-likeness (QED) is 0.817. The smallest absolute Gasteiger partial charge is 0.328 e. The van der Waals surface area contributed by atoms with E-state index in [4.69, 9.17) is 0 Å². The Balaban J connectivity index is 1.70. The third-order valence-corrected chi connectivity index (χ3v) is 5.73. The molecule has 3 heterocycles. The third-order valence-electron chi connectivity index (χ3n) is 5.73. The third kappa shape index (κ3) is 2.82. The van der Waals surface area contributed by atoms with Gasteiger partial charge in [0.05, 0.1) is 0 Å². The first-order valence-corrected chi connectivity index (χ1v) is 9.46. The lowest BCUT2D eigenvalue weighted by molar-refractivity contribution is -0.138. The SMILES string of the molecule is C=CCN1C(=O)C2C(NC3N(c4cccc(C)c4)CC(C)CN23)N(C)C1=O. The molecule has 27 heavy (non-hydrogen) atoms. The van der Waals surface area contributed by atoms with Crippen LogP contribution in [0.15, 0.2) is 36.9 Å². The highest BCUT2D eigenvalue weighted by Crippen LogP contribution is 2.34. The van der Waals surface area contributed by atoms with Gasteiger partial charge in [0.1, 0.15) is 18.5 Å². The highest BCUT2D eigenvalue weighted by Gasteiger charge is 2.56. The molecular weight excluding hydrogens is 342 g/mol. The van der Waals surface area contributed by atoms with Crippen molar-refractivity contribution < 1.29 is 9.59 Å². The van der Waals surface area contributed by atoms with Crippen LogP contribution in [0.25, 0.3) is 0 Å². The van der Waals surface area contributed by atoms with Crippen LogP contribution >= 0.6 is 0 Å². The summed E-state index contributed by atoms with van der Waals surface area (Å²) in [6.07, 6.45) is 1.16. The second-order valence-corrected chi connectivity index (χ2v) is 7.85. The number of hydrogen-bond acceptors (Lipinski definition) is 5. The van der Waals surface area contributed by atoms with Crippen molar-refractivity contribution in [2.24, 2.45) is 5.92 Å². The molecule has 0 aliphatic carbocycles. The molecule has 4 unspecified atom stereocenters. The molecule has 0 saturated carbocycles. The Morgan fingerprint density at radius 1 is 1.30 bits per heavy atom. The number of likely N-dealkylation sites (N-methyl/N-ethyl adjacent to an activating group) is 1. The van der Waals surface area contributed by atoms with E-state index in [9.17, 15) is 9.59 Å². The van der Waals surface area contributed by atoms with Crippen molar-refractivity contribution in [2.75, 3.05) is 31.6 Å². The van der Waals surface area contributed by atoms with E-state index >= 15 is 0 Å². The van der Waals surface area contributed by atoms with E-state index in [0.29, 0.717) is 5.92 Å². The molecule has 1 N–H and O–H groups in total. The van der Waals surface area contributed by atoms with Crippen LogP contribution in [-0.2, 0) is 4.79 Å². The number of imide groups is 1. The van der Waals surface area contributed by atoms with E-state index in [1.165, 1.54) is 10.5 Å². The summed E-state index contributed by atoms with van der Waals surface area (Å²) < 4.78 is 0. The standard InChI is InChI=1S/C20H27N5O2/c1-5-9-23-18(26)16-17(22(4)20(23)27)21-19-24(11-14(3)12-25(16)19)15-8-6-7-13(2)10-15/h5-8,10,14,16-17,19,21H,1,9,11-12H2,2-4H3. The van der Waals surface area contributed by atoms with Crippen LogP contribution in [0.5, 0.6) is 0 Å². The summed E-state index contributed by atoms with van der Waals surface area (Å²) >= 11 is 0. The number of fused-ring (bicyclic) bond motifs is 3. The molecule has 3 aliphatic rings. The van der Waals surface area contributed by atoms with Crippen molar-refractivity contribution in [3.63, 3.8) is 0 Å². The first kappa shape index (κ1) is 18.0. The predicted octanol–water partition coefficient (Wildman–Crippen LogP) is 1.41. The first-order valence-electron chi connectivity index (χ1n) is 9.46. The molecule has 4 atom stereocenters. The van der Waals surface area contributed by atoms with Crippen LogP contribution in [0.3, 0.4) is 0 Å². The van der Waals surface area contributed by atoms with E-state index < -0.39 is 0 Å². The Hall–Kier alpha value is -2.38. The molecule has 3 fully saturated rings. The molecule has 0 aromatic heterocycles. The Morgan fingerprint density at radius 3 is 2.78 bits per heavy atom. The number of rotatable bonds is 3. The number of nitrogens with zero attached hydrogens (tertiary/aromatic N) is 4. The molecule has 0 radical (unpaired) electrons. The molecule has 7 heteroatoms. The molecule has 1 aromatic rings. The van der Waals surface area contributed by atoms with Crippen molar-refractivity contribution in [1.82, 2.24) is 20.0 Å². The van der Waals surface area contributed by atoms with Gasteiger partial charge in [0.2, 0.25) is 0 Å². The van der Waals surface area contributed by atoms with Gasteiger partial charge < -0.3 is 9.80 Å². The summed E-state index contributed by atoms with van der Waals surface area (Å²) in [5.41, 5.74) is 2.33. The molecule has 0 spiro atoms. The topological polar surface area (TPSA) is 59.1 Å². The average Bonchev–Trinajstić information content (AvgIpc) is 3.02. The Morgan fingerprint density at radius 2 is 2.07 bits per heavy atom. The van der Waals surface area contributed by atoms with E-state index in [1.54, 1.807) is 18.0 Å². The van der Waals surface area contributed by atoms with Crippen LogP contribution in [0, 0.1) is 12.8 Å². The summed E-state index contributed by atoms with van der Waals surface area (Å²) in [5.74, 6) is 0.266. The molecule has 1 aromatic carbocycles. The fraction of sp³-hybridized carbons (Fsp3) is 0.500. The van der Waals surface area contributed by atoms with Crippen molar-refractivity contribution in [3.8, 4) is 0 Å². The van der Waals surface area contributed by atoms with Crippen molar-refractivity contribution in [2.45, 2.75) is 32.3 Å². The molecule has 3 saturated heterocycles. The second-order valence-electron chi connectivity index (χ2n) is 7.85. The maximum absolute atomic E-state index is 13.1. The number of aryl methyl sites for hydroxylation is 1. The summed E-state index contributed by atoms with van der Waals surface area (Å²) in [6, 6.07) is 7.76. The van der Waals surface area contributed by atoms with E-state index in [1.807, 2.05) is 0 Å². The lowest BCUT2D eigenvalue weighted by Gasteiger charge is -2.46. The van der Waals surface area contributed by atoms with Crippen LogP contribution in [0.1, 0.15) is 12.5 Å². The van der Waals surface area contributed by atoms with Crippen LogP contribution < -0.4 is 10.2 Å². The Kier molecular flexibility index (Phi) is 4.44. The van der Waals surface area contributed by atoms with Gasteiger partial charge in [-0.15, -0.1) is 6.58 Å². The van der Waals surface area contributed by atoms with Gasteiger partial charge in [-0.1, -0.05) is 25.1 Å². The predicted molar refractivity (Wildman–Crippen MR) is 104 cm³/mol. The highest BCUT2D eigenvalue weighted by atomic mass is 16.2. The zero-order chi connectivity index (χ0) is 19.3. The second kappa shape index (κ2) is 6.65. The molecule has 0 bridgehead atoms. The number of carbonyl (C=O) groups is 2. The summed E-state index contributed by atoms with van der Waals surface area (Å²) in [5, 5.41) is 3.54. The first-order chi connectivity index (χ1) is 12.9. The summed E-state index contributed by atoms with van der Waals surface area (Å²) in [7, 11) is 1.76. The molecule has 4 rings (SSSR count). The summed E-state index contributed by atoms with van der Waals surface area (Å²) in [6.45, 7) is 9.93. The lowest BCUT2D eigenvalue weighted by Crippen LogP contribution is -2.66. The lowest BCUT2D eigenvalue weighted by atomic mass is 10.0. The van der Waals surface area contributed by atoms with Gasteiger partial charge in [-0.3, -0.25) is 19.9 Å². The Labute approximate surface area is 160 Å². The molecular formula is C20H27N5O2. The molecule has 7 nitrogen and oxygen atoms in total. The van der Waals surface area contributed by atoms with Gasteiger partial charge in [0.15, 0.2) is 0 Å². The minimum absolute atomic E-state index is 0.110. The van der Waals surface area contributed by atoms with Gasteiger partial charge >= 0.3 is 6.03 Å². The average molecular weight is 369 g/mol. The Bertz CT molecular complexity index is 781. The molecule has 144 valence electrons. The van der Waals surface area contributed by atoms with Crippen LogP contribution in [0.2, 0.25) is 0 Å². The largest absolute Gasteiger partial charge is 0.343 e. The maximum atomic E-state index is 13.1. The summed E-state index contributed by atoms with van der Waals surface area (Å²) in [4.78, 5) is 33.3. The van der Waals surface area contributed by atoms with Gasteiger partial charge in [0, 0.05) is 32.4 Å². The number of urea groups is 1. The number of benzene rings is 1. The van der Waals surface area contributed by atoms with E-state index in [-0.39, 0.29) is 37.0 Å². The zero-order valence-electron chi connectivity index (χ0n) is 16.1. The molecule has 3 amide bonds. The monoisotopic (exact) mass is 369 g/mol. The number of hydrogen-bond donors (Lipinski definition) is 1. The van der Waals surface area contributed by atoms with Gasteiger partial charge in [-0.25, -0.2) is 4.79 Å².